The van der Waals surface area contributed by atoms with Crippen LogP contribution in [0, 0.1) is 0 Å². The molecule has 0 bridgehead atoms. The van der Waals surface area contributed by atoms with Gasteiger partial charge in [0.25, 0.3) is 5.91 Å². The molecule has 0 spiro atoms. The van der Waals surface area contributed by atoms with E-state index in [-0.39, 0.29) is 5.91 Å². The highest BCUT2D eigenvalue weighted by Gasteiger charge is 2.07. The molecular formula is C26H23N3O4. The minimum atomic E-state index is -0.529. The van der Waals surface area contributed by atoms with Crippen LogP contribution in [0.2, 0.25) is 0 Å². The Kier molecular flexibility index (Phi) is 8.25. The first kappa shape index (κ1) is 23.1. The molecule has 0 aliphatic rings. The summed E-state index contributed by atoms with van der Waals surface area (Å²) >= 11 is 0. The van der Waals surface area contributed by atoms with Crippen molar-refractivity contribution >= 4 is 35.8 Å². The predicted molar refractivity (Wildman–Crippen MR) is 128 cm³/mol. The van der Waals surface area contributed by atoms with E-state index in [1.807, 2.05) is 30.3 Å². The number of para-hydroxylation sites is 1. The Morgan fingerprint density at radius 1 is 0.909 bits per heavy atom. The van der Waals surface area contributed by atoms with E-state index in [1.165, 1.54) is 12.3 Å². The Hall–Kier alpha value is -4.52. The van der Waals surface area contributed by atoms with Gasteiger partial charge in [-0.25, -0.2) is 10.2 Å². The van der Waals surface area contributed by atoms with Crippen molar-refractivity contribution in [3.63, 3.8) is 0 Å². The number of anilines is 1. The van der Waals surface area contributed by atoms with Gasteiger partial charge in [0.15, 0.2) is 0 Å². The SMILES string of the molecule is CCC(=O)Nc1ccc(C(=O)NN=Cc2ccccc2OC(=O)C=Cc2ccccc2)cc1. The quantitative estimate of drug-likeness (QED) is 0.178. The van der Waals surface area contributed by atoms with E-state index in [4.69, 9.17) is 4.74 Å². The van der Waals surface area contributed by atoms with Crippen LogP contribution < -0.4 is 15.5 Å². The number of rotatable bonds is 8. The maximum atomic E-state index is 12.3. The molecule has 0 aromatic heterocycles. The molecule has 3 aromatic rings. The fraction of sp³-hybridized carbons (Fsp3) is 0.0769. The molecule has 0 aliphatic heterocycles. The molecule has 0 saturated heterocycles. The lowest BCUT2D eigenvalue weighted by molar-refractivity contribution is -0.128. The van der Waals surface area contributed by atoms with Gasteiger partial charge < -0.3 is 10.1 Å². The molecule has 0 saturated carbocycles. The summed E-state index contributed by atoms with van der Waals surface area (Å²) in [5.41, 5.74) is 4.83. The van der Waals surface area contributed by atoms with Gasteiger partial charge >= 0.3 is 5.97 Å². The number of carbonyl (C=O) groups is 3. The number of amides is 2. The van der Waals surface area contributed by atoms with Gasteiger partial charge in [-0.1, -0.05) is 49.4 Å². The molecule has 0 radical (unpaired) electrons. The summed E-state index contributed by atoms with van der Waals surface area (Å²) in [4.78, 5) is 35.9. The standard InChI is InChI=1S/C26H23N3O4/c1-2-24(30)28-22-15-13-20(14-16-22)26(32)29-27-18-21-10-6-7-11-23(21)33-25(31)17-12-19-8-4-3-5-9-19/h3-18H,2H2,1H3,(H,28,30)(H,29,32). The molecule has 7 nitrogen and oxygen atoms in total. The number of hydrazone groups is 1. The van der Waals surface area contributed by atoms with Gasteiger partial charge in [0.05, 0.1) is 6.21 Å². The minimum Gasteiger partial charge on any atom is -0.423 e. The van der Waals surface area contributed by atoms with Gasteiger partial charge in [-0.3, -0.25) is 9.59 Å². The van der Waals surface area contributed by atoms with Gasteiger partial charge in [-0.15, -0.1) is 0 Å². The van der Waals surface area contributed by atoms with Gasteiger partial charge in [0.1, 0.15) is 5.75 Å². The topological polar surface area (TPSA) is 96.9 Å². The maximum Gasteiger partial charge on any atom is 0.336 e. The zero-order valence-electron chi connectivity index (χ0n) is 18.0. The molecule has 3 aromatic carbocycles. The molecule has 166 valence electrons. The van der Waals surface area contributed by atoms with Crippen LogP contribution in [0.5, 0.6) is 5.75 Å². The van der Waals surface area contributed by atoms with Crippen molar-refractivity contribution in [1.82, 2.24) is 5.43 Å². The number of benzene rings is 3. The van der Waals surface area contributed by atoms with Crippen molar-refractivity contribution in [2.24, 2.45) is 5.10 Å². The smallest absolute Gasteiger partial charge is 0.336 e. The first-order chi connectivity index (χ1) is 16.0. The molecule has 33 heavy (non-hydrogen) atoms. The van der Waals surface area contributed by atoms with Gasteiger partial charge in [0.2, 0.25) is 5.91 Å². The van der Waals surface area contributed by atoms with Gasteiger partial charge in [-0.2, -0.15) is 5.10 Å². The monoisotopic (exact) mass is 441 g/mol. The third-order valence-electron chi connectivity index (χ3n) is 4.46. The lowest BCUT2D eigenvalue weighted by Gasteiger charge is -2.06. The summed E-state index contributed by atoms with van der Waals surface area (Å²) < 4.78 is 5.40. The Morgan fingerprint density at radius 3 is 2.33 bits per heavy atom. The van der Waals surface area contributed by atoms with Crippen LogP contribution in [0.25, 0.3) is 6.08 Å². The van der Waals surface area contributed by atoms with Crippen LogP contribution in [0.4, 0.5) is 5.69 Å². The van der Waals surface area contributed by atoms with Crippen LogP contribution in [0.3, 0.4) is 0 Å². The lowest BCUT2D eigenvalue weighted by Crippen LogP contribution is -2.18. The number of carbonyl (C=O) groups excluding carboxylic acids is 3. The largest absolute Gasteiger partial charge is 0.423 e. The van der Waals surface area contributed by atoms with Crippen LogP contribution in [-0.4, -0.2) is 24.0 Å². The van der Waals surface area contributed by atoms with Crippen molar-refractivity contribution in [1.29, 1.82) is 0 Å². The third-order valence-corrected chi connectivity index (χ3v) is 4.46. The molecule has 0 fully saturated rings. The third kappa shape index (κ3) is 7.29. The molecule has 0 aliphatic carbocycles. The molecule has 0 heterocycles. The van der Waals surface area contributed by atoms with E-state index in [2.05, 4.69) is 15.8 Å². The second kappa shape index (κ2) is 11.8. The highest BCUT2D eigenvalue weighted by Crippen LogP contribution is 2.16. The van der Waals surface area contributed by atoms with Crippen LogP contribution in [0.1, 0.15) is 34.8 Å². The highest BCUT2D eigenvalue weighted by molar-refractivity contribution is 5.96. The lowest BCUT2D eigenvalue weighted by atomic mass is 10.2. The number of nitrogens with zero attached hydrogens (tertiary/aromatic N) is 1. The fourth-order valence-corrected chi connectivity index (χ4v) is 2.73. The average molecular weight is 441 g/mol. The Balaban J connectivity index is 1.59. The van der Waals surface area contributed by atoms with Crippen molar-refractivity contribution in [2.75, 3.05) is 5.32 Å². The first-order valence-electron chi connectivity index (χ1n) is 10.3. The van der Waals surface area contributed by atoms with Crippen molar-refractivity contribution < 1.29 is 19.1 Å². The first-order valence-corrected chi connectivity index (χ1v) is 10.3. The normalized spacial score (nSPS) is 10.8. The number of hydrogen-bond acceptors (Lipinski definition) is 5. The van der Waals surface area contributed by atoms with E-state index >= 15 is 0 Å². The van der Waals surface area contributed by atoms with Crippen molar-refractivity contribution in [3.8, 4) is 5.75 Å². The van der Waals surface area contributed by atoms with E-state index in [0.29, 0.717) is 29.0 Å². The summed E-state index contributed by atoms with van der Waals surface area (Å²) in [7, 11) is 0. The summed E-state index contributed by atoms with van der Waals surface area (Å²) in [5, 5.41) is 6.68. The molecule has 0 unspecified atom stereocenters. The van der Waals surface area contributed by atoms with Crippen LogP contribution in [0.15, 0.2) is 90.0 Å². The zero-order valence-corrected chi connectivity index (χ0v) is 18.0. The Labute approximate surface area is 191 Å². The van der Waals surface area contributed by atoms with Crippen molar-refractivity contribution in [3.05, 3.63) is 102 Å². The van der Waals surface area contributed by atoms with Crippen molar-refractivity contribution in [2.45, 2.75) is 13.3 Å². The molecular weight excluding hydrogens is 418 g/mol. The molecule has 2 amide bonds. The van der Waals surface area contributed by atoms with E-state index in [1.54, 1.807) is 61.5 Å². The maximum absolute atomic E-state index is 12.3. The number of ether oxygens (including phenoxy) is 1. The summed E-state index contributed by atoms with van der Waals surface area (Å²) in [6.45, 7) is 1.76. The highest BCUT2D eigenvalue weighted by atomic mass is 16.5. The van der Waals surface area contributed by atoms with Gasteiger partial charge in [0, 0.05) is 29.3 Å². The summed E-state index contributed by atoms with van der Waals surface area (Å²) in [6, 6.07) is 22.7. The summed E-state index contributed by atoms with van der Waals surface area (Å²) in [6.07, 6.45) is 4.78. The summed E-state index contributed by atoms with van der Waals surface area (Å²) in [5.74, 6) is -0.736. The zero-order chi connectivity index (χ0) is 23.5. The fourth-order valence-electron chi connectivity index (χ4n) is 2.73. The number of hydrogen-bond donors (Lipinski definition) is 2. The van der Waals surface area contributed by atoms with E-state index in [9.17, 15) is 14.4 Å². The Morgan fingerprint density at radius 2 is 1.61 bits per heavy atom. The van der Waals surface area contributed by atoms with Gasteiger partial charge in [-0.05, 0) is 48.0 Å². The van der Waals surface area contributed by atoms with E-state index in [0.717, 1.165) is 5.56 Å². The second-order valence-corrected chi connectivity index (χ2v) is 6.88. The molecule has 2 N–H and O–H groups in total. The van der Waals surface area contributed by atoms with Crippen LogP contribution in [-0.2, 0) is 9.59 Å². The minimum absolute atomic E-state index is 0.105. The second-order valence-electron chi connectivity index (χ2n) is 6.88. The molecule has 3 rings (SSSR count). The molecule has 7 heteroatoms. The average Bonchev–Trinajstić information content (AvgIpc) is 2.84. The molecule has 0 atom stereocenters. The predicted octanol–water partition coefficient (Wildman–Crippen LogP) is 4.42. The number of nitrogens with one attached hydrogen (secondary N) is 2. The Bertz CT molecular complexity index is 1170. The van der Waals surface area contributed by atoms with Crippen LogP contribution >= 0.6 is 0 Å². The number of esters is 1. The van der Waals surface area contributed by atoms with E-state index < -0.39 is 11.9 Å².